The Labute approximate surface area is 124 Å². The second-order valence-electron chi connectivity index (χ2n) is 4.67. The Bertz CT molecular complexity index is 534. The molecule has 0 aliphatic heterocycles. The van der Waals surface area contributed by atoms with Crippen LogP contribution in [0.2, 0.25) is 0 Å². The first-order valence-corrected chi connectivity index (χ1v) is 7.00. The fourth-order valence-corrected chi connectivity index (χ4v) is 1.93. The summed E-state index contributed by atoms with van der Waals surface area (Å²) >= 11 is 6.34. The van der Waals surface area contributed by atoms with Crippen molar-refractivity contribution in [1.29, 1.82) is 0 Å². The van der Waals surface area contributed by atoms with Crippen molar-refractivity contribution in [3.63, 3.8) is 0 Å². The molecule has 20 heavy (non-hydrogen) atoms. The number of aromatic nitrogens is 2. The Balaban J connectivity index is 1.94. The fourth-order valence-electron chi connectivity index (χ4n) is 1.71. The van der Waals surface area contributed by atoms with Gasteiger partial charge in [0, 0.05) is 6.54 Å². The van der Waals surface area contributed by atoms with Gasteiger partial charge in [0.2, 0.25) is 5.88 Å². The maximum absolute atomic E-state index is 6.34. The number of hydrogen-bond acceptors (Lipinski definition) is 4. The van der Waals surface area contributed by atoms with Crippen LogP contribution in [0.25, 0.3) is 0 Å². The molecule has 0 fully saturated rings. The van der Waals surface area contributed by atoms with Crippen LogP contribution in [0.1, 0.15) is 24.8 Å². The molecule has 0 spiro atoms. The van der Waals surface area contributed by atoms with Crippen molar-refractivity contribution in [1.82, 2.24) is 9.97 Å². The highest BCUT2D eigenvalue weighted by Gasteiger charge is 2.08. The molecule has 1 aromatic carbocycles. The minimum Gasteiger partial charge on any atom is -0.474 e. The van der Waals surface area contributed by atoms with Crippen LogP contribution < -0.4 is 10.1 Å². The number of rotatable bonds is 6. The van der Waals surface area contributed by atoms with Gasteiger partial charge < -0.3 is 10.1 Å². The molecule has 2 aromatic rings. The summed E-state index contributed by atoms with van der Waals surface area (Å²) in [4.78, 5) is 8.42. The monoisotopic (exact) mass is 291 g/mol. The van der Waals surface area contributed by atoms with E-state index in [1.807, 2.05) is 44.2 Å². The van der Waals surface area contributed by atoms with E-state index in [0.717, 1.165) is 5.56 Å². The summed E-state index contributed by atoms with van der Waals surface area (Å²) in [5, 5.41) is 3.05. The molecule has 1 aromatic heterocycles. The zero-order chi connectivity index (χ0) is 14.4. The first-order valence-electron chi connectivity index (χ1n) is 6.56. The van der Waals surface area contributed by atoms with Crippen molar-refractivity contribution in [2.24, 2.45) is 0 Å². The molecule has 1 unspecified atom stereocenters. The Morgan fingerprint density at radius 3 is 2.65 bits per heavy atom. The van der Waals surface area contributed by atoms with Crippen molar-refractivity contribution in [3.8, 4) is 5.88 Å². The molecule has 0 saturated heterocycles. The third kappa shape index (κ3) is 4.38. The lowest BCUT2D eigenvalue weighted by molar-refractivity contribution is 0.232. The molecule has 5 heteroatoms. The number of nitrogens with zero attached hydrogens (tertiary/aromatic N) is 2. The third-order valence-electron chi connectivity index (χ3n) is 2.59. The molecule has 0 radical (unpaired) electrons. The lowest BCUT2D eigenvalue weighted by atomic mass is 10.1. The number of hydrogen-bond donors (Lipinski definition) is 1. The molecule has 2 rings (SSSR count). The Kier molecular flexibility index (Phi) is 5.18. The Hall–Kier alpha value is -1.81. The smallest absolute Gasteiger partial charge is 0.234 e. The highest BCUT2D eigenvalue weighted by atomic mass is 35.5. The van der Waals surface area contributed by atoms with Crippen LogP contribution >= 0.6 is 11.6 Å². The molecule has 4 nitrogen and oxygen atoms in total. The minimum atomic E-state index is -0.118. The van der Waals surface area contributed by atoms with E-state index in [-0.39, 0.29) is 11.5 Å². The molecular formula is C15H18ClN3O. The third-order valence-corrected chi connectivity index (χ3v) is 3.00. The van der Waals surface area contributed by atoms with Crippen LogP contribution in [0, 0.1) is 0 Å². The first kappa shape index (κ1) is 14.6. The van der Waals surface area contributed by atoms with Crippen LogP contribution in [-0.2, 0) is 0 Å². The lowest BCUT2D eigenvalue weighted by Crippen LogP contribution is -2.11. The van der Waals surface area contributed by atoms with E-state index in [1.165, 1.54) is 0 Å². The van der Waals surface area contributed by atoms with Gasteiger partial charge in [0.15, 0.2) is 0 Å². The highest BCUT2D eigenvalue weighted by Crippen LogP contribution is 2.20. The second kappa shape index (κ2) is 7.10. The SMILES string of the molecule is CC(C)Oc1cncc(NCC(Cl)c2ccccc2)n1. The van der Waals surface area contributed by atoms with E-state index in [4.69, 9.17) is 16.3 Å². The minimum absolute atomic E-state index is 0.0737. The molecule has 1 heterocycles. The number of nitrogens with one attached hydrogen (secondary N) is 1. The average Bonchev–Trinajstić information content (AvgIpc) is 2.45. The molecule has 1 atom stereocenters. The van der Waals surface area contributed by atoms with E-state index >= 15 is 0 Å². The van der Waals surface area contributed by atoms with Crippen molar-refractivity contribution in [2.45, 2.75) is 25.3 Å². The highest BCUT2D eigenvalue weighted by molar-refractivity contribution is 6.21. The quantitative estimate of drug-likeness (QED) is 0.825. The van der Waals surface area contributed by atoms with E-state index in [2.05, 4.69) is 15.3 Å². The van der Waals surface area contributed by atoms with Crippen molar-refractivity contribution in [2.75, 3.05) is 11.9 Å². The van der Waals surface area contributed by atoms with Crippen LogP contribution in [0.5, 0.6) is 5.88 Å². The van der Waals surface area contributed by atoms with E-state index in [9.17, 15) is 0 Å². The number of alkyl halides is 1. The fraction of sp³-hybridized carbons (Fsp3) is 0.333. The standard InChI is InChI=1S/C15H18ClN3O/c1-11(2)20-15-10-17-9-14(19-15)18-8-13(16)12-6-4-3-5-7-12/h3-7,9-11,13H,8H2,1-2H3,(H,18,19). The topological polar surface area (TPSA) is 47.0 Å². The van der Waals surface area contributed by atoms with Crippen molar-refractivity contribution >= 4 is 17.4 Å². The van der Waals surface area contributed by atoms with Gasteiger partial charge in [-0.25, -0.2) is 0 Å². The van der Waals surface area contributed by atoms with Gasteiger partial charge in [0.1, 0.15) is 5.82 Å². The first-order chi connectivity index (χ1) is 9.65. The van der Waals surface area contributed by atoms with Crippen LogP contribution in [-0.4, -0.2) is 22.6 Å². The summed E-state index contributed by atoms with van der Waals surface area (Å²) in [5.74, 6) is 1.17. The molecule has 1 N–H and O–H groups in total. The number of ether oxygens (including phenoxy) is 1. The van der Waals surface area contributed by atoms with E-state index in [0.29, 0.717) is 18.2 Å². The molecule has 0 amide bonds. The summed E-state index contributed by atoms with van der Waals surface area (Å²) in [6, 6.07) is 9.93. The maximum Gasteiger partial charge on any atom is 0.234 e. The summed E-state index contributed by atoms with van der Waals surface area (Å²) in [7, 11) is 0. The van der Waals surface area contributed by atoms with Crippen molar-refractivity contribution in [3.05, 3.63) is 48.3 Å². The summed E-state index contributed by atoms with van der Waals surface area (Å²) in [5.41, 5.74) is 1.07. The summed E-state index contributed by atoms with van der Waals surface area (Å²) in [6.07, 6.45) is 3.33. The molecule has 0 aliphatic rings. The Morgan fingerprint density at radius 1 is 1.20 bits per heavy atom. The average molecular weight is 292 g/mol. The van der Waals surface area contributed by atoms with Gasteiger partial charge in [-0.2, -0.15) is 4.98 Å². The summed E-state index contributed by atoms with van der Waals surface area (Å²) in [6.45, 7) is 4.48. The van der Waals surface area contributed by atoms with Gasteiger partial charge in [-0.05, 0) is 19.4 Å². The Morgan fingerprint density at radius 2 is 1.95 bits per heavy atom. The van der Waals surface area contributed by atoms with Crippen molar-refractivity contribution < 1.29 is 4.74 Å². The molecular weight excluding hydrogens is 274 g/mol. The van der Waals surface area contributed by atoms with Gasteiger partial charge >= 0.3 is 0 Å². The van der Waals surface area contributed by atoms with Crippen LogP contribution in [0.4, 0.5) is 5.82 Å². The maximum atomic E-state index is 6.34. The number of benzene rings is 1. The molecule has 0 aliphatic carbocycles. The number of anilines is 1. The van der Waals surface area contributed by atoms with Gasteiger partial charge in [0.05, 0.1) is 23.9 Å². The van der Waals surface area contributed by atoms with Gasteiger partial charge in [-0.1, -0.05) is 30.3 Å². The van der Waals surface area contributed by atoms with E-state index < -0.39 is 0 Å². The predicted molar refractivity (Wildman–Crippen MR) is 81.3 cm³/mol. The van der Waals surface area contributed by atoms with E-state index in [1.54, 1.807) is 12.4 Å². The van der Waals surface area contributed by atoms with Crippen LogP contribution in [0.15, 0.2) is 42.7 Å². The second-order valence-corrected chi connectivity index (χ2v) is 5.20. The van der Waals surface area contributed by atoms with Gasteiger partial charge in [-0.3, -0.25) is 4.98 Å². The predicted octanol–water partition coefficient (Wildman–Crippen LogP) is 3.66. The zero-order valence-electron chi connectivity index (χ0n) is 11.6. The molecule has 0 saturated carbocycles. The van der Waals surface area contributed by atoms with Gasteiger partial charge in [0.25, 0.3) is 0 Å². The lowest BCUT2D eigenvalue weighted by Gasteiger charge is -2.13. The number of halogens is 1. The normalized spacial score (nSPS) is 12.2. The van der Waals surface area contributed by atoms with Gasteiger partial charge in [-0.15, -0.1) is 11.6 Å². The summed E-state index contributed by atoms with van der Waals surface area (Å²) < 4.78 is 5.50. The molecule has 106 valence electrons. The molecule has 0 bridgehead atoms. The zero-order valence-corrected chi connectivity index (χ0v) is 12.3. The van der Waals surface area contributed by atoms with Crippen LogP contribution in [0.3, 0.4) is 0 Å². The largest absolute Gasteiger partial charge is 0.474 e.